The van der Waals surface area contributed by atoms with Crippen molar-refractivity contribution in [1.82, 2.24) is 14.7 Å². The third kappa shape index (κ3) is 3.26. The van der Waals surface area contributed by atoms with Gasteiger partial charge in [0.05, 0.1) is 5.69 Å². The number of imidazole rings is 1. The Morgan fingerprint density at radius 2 is 2.13 bits per heavy atom. The maximum absolute atomic E-state index is 11.8. The smallest absolute Gasteiger partial charge is 0.220 e. The second kappa shape index (κ2) is 5.98. The minimum absolute atomic E-state index is 0.143. The number of halogens is 1. The van der Waals surface area contributed by atoms with Crippen LogP contribution < -0.4 is 5.32 Å². The number of hydrogen-bond acceptors (Lipinski definition) is 3. The van der Waals surface area contributed by atoms with E-state index in [0.717, 1.165) is 46.2 Å². The van der Waals surface area contributed by atoms with Gasteiger partial charge in [0, 0.05) is 40.3 Å². The Labute approximate surface area is 143 Å². The molecule has 1 aromatic carbocycles. The van der Waals surface area contributed by atoms with Gasteiger partial charge in [0.25, 0.3) is 0 Å². The standard InChI is InChI=1S/C17H16ClN3OS/c18-12-3-1-11(2-4-12)15-9-21-14(10-23-17(21)20-15)7-8-16(22)19-13-5-6-13/h1-4,9-10,13H,5-8H2,(H,19,22). The predicted octanol–water partition coefficient (Wildman–Crippen LogP) is 3.93. The van der Waals surface area contributed by atoms with Gasteiger partial charge in [-0.1, -0.05) is 23.7 Å². The van der Waals surface area contributed by atoms with Crippen LogP contribution in [-0.4, -0.2) is 21.3 Å². The zero-order chi connectivity index (χ0) is 15.8. The number of carbonyl (C=O) groups excluding carboxylic acids is 1. The van der Waals surface area contributed by atoms with E-state index in [0.29, 0.717) is 12.5 Å². The Balaban J connectivity index is 1.51. The summed E-state index contributed by atoms with van der Waals surface area (Å²) in [6, 6.07) is 8.10. The highest BCUT2D eigenvalue weighted by molar-refractivity contribution is 7.15. The molecule has 2 heterocycles. The fourth-order valence-electron chi connectivity index (χ4n) is 2.54. The molecule has 4 nitrogen and oxygen atoms in total. The summed E-state index contributed by atoms with van der Waals surface area (Å²) in [6.07, 6.45) is 5.54. The van der Waals surface area contributed by atoms with E-state index < -0.39 is 0 Å². The topological polar surface area (TPSA) is 46.4 Å². The second-order valence-electron chi connectivity index (χ2n) is 5.85. The molecule has 3 aromatic rings. The van der Waals surface area contributed by atoms with Crippen molar-refractivity contribution < 1.29 is 4.79 Å². The van der Waals surface area contributed by atoms with E-state index in [2.05, 4.69) is 20.1 Å². The van der Waals surface area contributed by atoms with Crippen molar-refractivity contribution >= 4 is 33.8 Å². The van der Waals surface area contributed by atoms with Crippen LogP contribution in [0.3, 0.4) is 0 Å². The van der Waals surface area contributed by atoms with Gasteiger partial charge in [0.1, 0.15) is 0 Å². The van der Waals surface area contributed by atoms with Crippen molar-refractivity contribution in [2.75, 3.05) is 0 Å². The Bertz CT molecular complexity index is 848. The number of hydrogen-bond donors (Lipinski definition) is 1. The van der Waals surface area contributed by atoms with Gasteiger partial charge in [-0.05, 0) is 31.4 Å². The molecule has 0 spiro atoms. The van der Waals surface area contributed by atoms with Crippen molar-refractivity contribution in [1.29, 1.82) is 0 Å². The lowest BCUT2D eigenvalue weighted by atomic mass is 10.2. The third-order valence-corrected chi connectivity index (χ3v) is 5.11. The van der Waals surface area contributed by atoms with E-state index in [1.165, 1.54) is 0 Å². The van der Waals surface area contributed by atoms with Crippen LogP contribution in [0.15, 0.2) is 35.8 Å². The molecule has 2 aromatic heterocycles. The summed E-state index contributed by atoms with van der Waals surface area (Å²) in [5, 5.41) is 5.83. The van der Waals surface area contributed by atoms with Gasteiger partial charge in [-0.25, -0.2) is 4.98 Å². The Morgan fingerprint density at radius 3 is 2.87 bits per heavy atom. The van der Waals surface area contributed by atoms with Crippen LogP contribution in [0.25, 0.3) is 16.2 Å². The number of aryl methyl sites for hydroxylation is 1. The SMILES string of the molecule is O=C(CCc1csc2nc(-c3ccc(Cl)cc3)cn12)NC1CC1. The summed E-state index contributed by atoms with van der Waals surface area (Å²) >= 11 is 7.54. The van der Waals surface area contributed by atoms with Crippen LogP contribution in [0, 0.1) is 0 Å². The molecule has 0 unspecified atom stereocenters. The molecule has 1 aliphatic carbocycles. The molecule has 1 aliphatic rings. The molecular formula is C17H16ClN3OS. The minimum atomic E-state index is 0.143. The molecule has 1 N–H and O–H groups in total. The van der Waals surface area contributed by atoms with Gasteiger partial charge in [0.2, 0.25) is 5.91 Å². The van der Waals surface area contributed by atoms with E-state index >= 15 is 0 Å². The summed E-state index contributed by atoms with van der Waals surface area (Å²) < 4.78 is 2.08. The van der Waals surface area contributed by atoms with Crippen molar-refractivity contribution in [3.63, 3.8) is 0 Å². The average molecular weight is 346 g/mol. The summed E-state index contributed by atoms with van der Waals surface area (Å²) in [7, 11) is 0. The normalized spacial score (nSPS) is 14.3. The Hall–Kier alpha value is -1.85. The molecule has 23 heavy (non-hydrogen) atoms. The number of amides is 1. The van der Waals surface area contributed by atoms with Crippen molar-refractivity contribution in [3.8, 4) is 11.3 Å². The molecule has 6 heteroatoms. The first-order chi connectivity index (χ1) is 11.2. The fraction of sp³-hybridized carbons (Fsp3) is 0.294. The van der Waals surface area contributed by atoms with Crippen LogP contribution in [0.4, 0.5) is 0 Å². The molecular weight excluding hydrogens is 330 g/mol. The van der Waals surface area contributed by atoms with E-state index in [4.69, 9.17) is 11.6 Å². The molecule has 0 aliphatic heterocycles. The number of thiazole rings is 1. The Kier molecular flexibility index (Phi) is 3.83. The second-order valence-corrected chi connectivity index (χ2v) is 7.13. The summed E-state index contributed by atoms with van der Waals surface area (Å²) in [4.78, 5) is 17.4. The largest absolute Gasteiger partial charge is 0.353 e. The number of carbonyl (C=O) groups is 1. The highest BCUT2D eigenvalue weighted by Crippen LogP contribution is 2.25. The van der Waals surface area contributed by atoms with Gasteiger partial charge in [-0.3, -0.25) is 9.20 Å². The highest BCUT2D eigenvalue weighted by Gasteiger charge is 2.23. The molecule has 1 amide bonds. The molecule has 0 atom stereocenters. The molecule has 0 bridgehead atoms. The summed E-state index contributed by atoms with van der Waals surface area (Å²) in [5.41, 5.74) is 3.10. The quantitative estimate of drug-likeness (QED) is 0.761. The number of nitrogens with zero attached hydrogens (tertiary/aromatic N) is 2. The monoisotopic (exact) mass is 345 g/mol. The lowest BCUT2D eigenvalue weighted by molar-refractivity contribution is -0.121. The number of aromatic nitrogens is 2. The molecule has 1 fully saturated rings. The average Bonchev–Trinajstić information content (AvgIpc) is 3.11. The van der Waals surface area contributed by atoms with E-state index in [1.54, 1.807) is 11.3 Å². The number of fused-ring (bicyclic) bond motifs is 1. The van der Waals surface area contributed by atoms with E-state index in [9.17, 15) is 4.79 Å². The first-order valence-electron chi connectivity index (χ1n) is 7.70. The van der Waals surface area contributed by atoms with Crippen LogP contribution >= 0.6 is 22.9 Å². The molecule has 0 radical (unpaired) electrons. The number of benzene rings is 1. The molecule has 1 saturated carbocycles. The Morgan fingerprint density at radius 1 is 1.35 bits per heavy atom. The fourth-order valence-corrected chi connectivity index (χ4v) is 3.57. The third-order valence-electron chi connectivity index (χ3n) is 3.97. The first kappa shape index (κ1) is 14.7. The number of nitrogens with one attached hydrogen (secondary N) is 1. The maximum Gasteiger partial charge on any atom is 0.220 e. The van der Waals surface area contributed by atoms with Gasteiger partial charge < -0.3 is 5.32 Å². The highest BCUT2D eigenvalue weighted by atomic mass is 35.5. The maximum atomic E-state index is 11.8. The molecule has 4 rings (SSSR count). The summed E-state index contributed by atoms with van der Waals surface area (Å²) in [6.45, 7) is 0. The lowest BCUT2D eigenvalue weighted by Crippen LogP contribution is -2.25. The zero-order valence-electron chi connectivity index (χ0n) is 12.5. The van der Waals surface area contributed by atoms with Gasteiger partial charge >= 0.3 is 0 Å². The number of rotatable bonds is 5. The van der Waals surface area contributed by atoms with Gasteiger partial charge in [-0.2, -0.15) is 0 Å². The van der Waals surface area contributed by atoms with Crippen LogP contribution in [0.1, 0.15) is 25.0 Å². The van der Waals surface area contributed by atoms with Crippen LogP contribution in [-0.2, 0) is 11.2 Å². The van der Waals surface area contributed by atoms with Crippen molar-refractivity contribution in [2.24, 2.45) is 0 Å². The van der Waals surface area contributed by atoms with E-state index in [-0.39, 0.29) is 5.91 Å². The molecule has 0 saturated heterocycles. The lowest BCUT2D eigenvalue weighted by Gasteiger charge is -2.02. The van der Waals surface area contributed by atoms with Gasteiger partial charge in [-0.15, -0.1) is 11.3 Å². The van der Waals surface area contributed by atoms with Crippen LogP contribution in [0.2, 0.25) is 5.02 Å². The predicted molar refractivity (Wildman–Crippen MR) is 93.0 cm³/mol. The van der Waals surface area contributed by atoms with Crippen LogP contribution in [0.5, 0.6) is 0 Å². The summed E-state index contributed by atoms with van der Waals surface area (Å²) in [5.74, 6) is 0.143. The molecule has 118 valence electrons. The van der Waals surface area contributed by atoms with Crippen molar-refractivity contribution in [2.45, 2.75) is 31.7 Å². The van der Waals surface area contributed by atoms with Crippen molar-refractivity contribution in [3.05, 3.63) is 46.6 Å². The minimum Gasteiger partial charge on any atom is -0.353 e. The van der Waals surface area contributed by atoms with E-state index in [1.807, 2.05) is 30.5 Å². The first-order valence-corrected chi connectivity index (χ1v) is 8.95. The van der Waals surface area contributed by atoms with Gasteiger partial charge in [0.15, 0.2) is 4.96 Å². The zero-order valence-corrected chi connectivity index (χ0v) is 14.0.